The second kappa shape index (κ2) is 9.67. The van der Waals surface area contributed by atoms with Crippen LogP contribution in [0.15, 0.2) is 65.8 Å². The number of para-hydroxylation sites is 1. The lowest BCUT2D eigenvalue weighted by molar-refractivity contribution is -0.134. The van der Waals surface area contributed by atoms with Gasteiger partial charge in [-0.15, -0.1) is 0 Å². The molecule has 2 N–H and O–H groups in total. The Hall–Kier alpha value is -3.32. The molecule has 0 radical (unpaired) electrons. The number of allylic oxidation sites excluding steroid dienone is 1. The highest BCUT2D eigenvalue weighted by Gasteiger charge is 2.34. The third-order valence-corrected chi connectivity index (χ3v) is 6.96. The van der Waals surface area contributed by atoms with Gasteiger partial charge in [0, 0.05) is 23.5 Å². The first-order valence-corrected chi connectivity index (χ1v) is 12.3. The van der Waals surface area contributed by atoms with Gasteiger partial charge in [-0.05, 0) is 43.4 Å². The average molecular weight is 459 g/mol. The maximum atomic E-state index is 13.2. The van der Waals surface area contributed by atoms with Crippen LogP contribution in [0.5, 0.6) is 0 Å². The number of anilines is 1. The number of H-pyrrole nitrogens is 1. The topological polar surface area (TPSA) is 78.1 Å². The van der Waals surface area contributed by atoms with Crippen molar-refractivity contribution < 1.29 is 9.59 Å². The Bertz CT molecular complexity index is 1190. The molecule has 0 spiro atoms. The van der Waals surface area contributed by atoms with Crippen molar-refractivity contribution in [1.82, 2.24) is 14.9 Å². The maximum absolute atomic E-state index is 13.2. The molecular formula is C26H26N4O2S. The zero-order valence-corrected chi connectivity index (χ0v) is 19.1. The van der Waals surface area contributed by atoms with E-state index >= 15 is 0 Å². The summed E-state index contributed by atoms with van der Waals surface area (Å²) in [5, 5.41) is 3.84. The van der Waals surface area contributed by atoms with Gasteiger partial charge in [0.15, 0.2) is 5.16 Å². The number of imidazole rings is 1. The summed E-state index contributed by atoms with van der Waals surface area (Å²) in [5.41, 5.74) is 4.86. The van der Waals surface area contributed by atoms with Crippen LogP contribution in [0.3, 0.4) is 0 Å². The minimum absolute atomic E-state index is 0.0288. The summed E-state index contributed by atoms with van der Waals surface area (Å²) in [6.07, 6.45) is 7.61. The van der Waals surface area contributed by atoms with E-state index in [0.717, 1.165) is 52.6 Å². The summed E-state index contributed by atoms with van der Waals surface area (Å²) in [4.78, 5) is 35.8. The number of nitrogens with zero attached hydrogens (tertiary/aromatic N) is 2. The van der Waals surface area contributed by atoms with E-state index in [0.29, 0.717) is 13.0 Å². The van der Waals surface area contributed by atoms with Crippen LogP contribution in [-0.4, -0.2) is 45.0 Å². The fourth-order valence-corrected chi connectivity index (χ4v) is 5.23. The van der Waals surface area contributed by atoms with Crippen LogP contribution in [0, 0.1) is 0 Å². The molecule has 33 heavy (non-hydrogen) atoms. The molecule has 6 nitrogen and oxygen atoms in total. The van der Waals surface area contributed by atoms with Crippen molar-refractivity contribution >= 4 is 35.3 Å². The molecule has 2 aliphatic rings. The number of aromatic amines is 1. The van der Waals surface area contributed by atoms with E-state index in [2.05, 4.69) is 21.4 Å². The predicted molar refractivity (Wildman–Crippen MR) is 132 cm³/mol. The summed E-state index contributed by atoms with van der Waals surface area (Å²) in [6, 6.07) is 17.3. The van der Waals surface area contributed by atoms with Crippen molar-refractivity contribution in [2.45, 2.75) is 36.9 Å². The van der Waals surface area contributed by atoms with Crippen LogP contribution < -0.4 is 5.32 Å². The number of thioether (sulfide) groups is 1. The molecule has 2 heterocycles. The van der Waals surface area contributed by atoms with E-state index in [4.69, 9.17) is 0 Å². The monoisotopic (exact) mass is 458 g/mol. The standard InChI is InChI=1S/C26H26N4O2S/c31-24(17-33-26-28-21-13-6-7-14-22(21)29-26)30-16-8-15-23(30)25(32)27-20-12-5-4-11-19(20)18-9-2-1-3-10-18/h1-6,9-13,23H,7-8,14-17H2,(H,27,32)(H,28,29). The Morgan fingerprint density at radius 3 is 2.79 bits per heavy atom. The van der Waals surface area contributed by atoms with Gasteiger partial charge in [0.1, 0.15) is 6.04 Å². The molecule has 0 saturated carbocycles. The van der Waals surface area contributed by atoms with E-state index in [1.54, 1.807) is 4.90 Å². The molecule has 1 aliphatic carbocycles. The number of benzene rings is 2. The number of fused-ring (bicyclic) bond motifs is 1. The van der Waals surface area contributed by atoms with Gasteiger partial charge in [-0.3, -0.25) is 9.59 Å². The minimum Gasteiger partial charge on any atom is -0.336 e. The normalized spacial score (nSPS) is 17.1. The Morgan fingerprint density at radius 1 is 1.12 bits per heavy atom. The molecule has 5 rings (SSSR count). The molecule has 168 valence electrons. The van der Waals surface area contributed by atoms with Gasteiger partial charge in [0.25, 0.3) is 0 Å². The van der Waals surface area contributed by atoms with E-state index in [9.17, 15) is 9.59 Å². The van der Waals surface area contributed by atoms with Crippen molar-refractivity contribution in [1.29, 1.82) is 0 Å². The summed E-state index contributed by atoms with van der Waals surface area (Å²) in [7, 11) is 0. The fourth-order valence-electron chi connectivity index (χ4n) is 4.45. The number of nitrogens with one attached hydrogen (secondary N) is 2. The Morgan fingerprint density at radius 2 is 1.94 bits per heavy atom. The number of rotatable bonds is 6. The van der Waals surface area contributed by atoms with Crippen LogP contribution in [0.25, 0.3) is 17.2 Å². The first-order valence-electron chi connectivity index (χ1n) is 11.3. The average Bonchev–Trinajstić information content (AvgIpc) is 3.51. The van der Waals surface area contributed by atoms with Crippen LogP contribution in [0.2, 0.25) is 0 Å². The van der Waals surface area contributed by atoms with Gasteiger partial charge in [0.2, 0.25) is 11.8 Å². The Balaban J connectivity index is 1.24. The number of hydrogen-bond donors (Lipinski definition) is 2. The van der Waals surface area contributed by atoms with E-state index in [1.165, 1.54) is 11.8 Å². The van der Waals surface area contributed by atoms with Crippen molar-refractivity contribution in [2.75, 3.05) is 17.6 Å². The molecule has 1 saturated heterocycles. The molecular weight excluding hydrogens is 432 g/mol. The van der Waals surface area contributed by atoms with Crippen LogP contribution >= 0.6 is 11.8 Å². The molecule has 3 aromatic rings. The fraction of sp³-hybridized carbons (Fsp3) is 0.269. The van der Waals surface area contributed by atoms with E-state index in [-0.39, 0.29) is 17.6 Å². The molecule has 2 amide bonds. The molecule has 0 bridgehead atoms. The molecule has 1 fully saturated rings. The van der Waals surface area contributed by atoms with E-state index in [1.807, 2.05) is 60.7 Å². The first-order chi connectivity index (χ1) is 16.2. The third kappa shape index (κ3) is 4.73. The summed E-state index contributed by atoms with van der Waals surface area (Å²) >= 11 is 1.40. The number of carbonyl (C=O) groups excluding carboxylic acids is 2. The Labute approximate surface area is 197 Å². The largest absolute Gasteiger partial charge is 0.336 e. The minimum atomic E-state index is -0.449. The summed E-state index contributed by atoms with van der Waals surface area (Å²) < 4.78 is 0. The van der Waals surface area contributed by atoms with E-state index < -0.39 is 6.04 Å². The van der Waals surface area contributed by atoms with Gasteiger partial charge in [-0.1, -0.05) is 66.4 Å². The SMILES string of the molecule is O=C(Nc1ccccc1-c1ccccc1)C1CCCN1C(=O)CSc1nc2c([nH]1)CCC=C2. The van der Waals surface area contributed by atoms with Gasteiger partial charge in [0.05, 0.1) is 11.4 Å². The lowest BCUT2D eigenvalue weighted by Crippen LogP contribution is -2.44. The highest BCUT2D eigenvalue weighted by Crippen LogP contribution is 2.29. The lowest BCUT2D eigenvalue weighted by Gasteiger charge is -2.24. The number of aryl methyl sites for hydroxylation is 1. The van der Waals surface area contributed by atoms with Crippen LogP contribution in [0.1, 0.15) is 30.7 Å². The van der Waals surface area contributed by atoms with Crippen molar-refractivity contribution in [3.8, 4) is 11.1 Å². The number of amides is 2. The molecule has 2 aromatic carbocycles. The zero-order chi connectivity index (χ0) is 22.6. The second-order valence-corrected chi connectivity index (χ2v) is 9.25. The maximum Gasteiger partial charge on any atom is 0.247 e. The van der Waals surface area contributed by atoms with Crippen molar-refractivity contribution in [2.24, 2.45) is 0 Å². The highest BCUT2D eigenvalue weighted by molar-refractivity contribution is 7.99. The number of carbonyl (C=O) groups is 2. The number of likely N-dealkylation sites (tertiary alicyclic amines) is 1. The molecule has 7 heteroatoms. The quantitative estimate of drug-likeness (QED) is 0.522. The van der Waals surface area contributed by atoms with Gasteiger partial charge < -0.3 is 15.2 Å². The molecule has 1 atom stereocenters. The highest BCUT2D eigenvalue weighted by atomic mass is 32.2. The van der Waals surface area contributed by atoms with Crippen molar-refractivity contribution in [3.05, 3.63) is 72.1 Å². The van der Waals surface area contributed by atoms with Gasteiger partial charge >= 0.3 is 0 Å². The summed E-state index contributed by atoms with van der Waals surface area (Å²) in [6.45, 7) is 0.606. The first kappa shape index (κ1) is 21.5. The number of hydrogen-bond acceptors (Lipinski definition) is 4. The van der Waals surface area contributed by atoms with Gasteiger partial charge in [-0.2, -0.15) is 0 Å². The van der Waals surface area contributed by atoms with Gasteiger partial charge in [-0.25, -0.2) is 4.98 Å². The summed E-state index contributed by atoms with van der Waals surface area (Å²) in [5.74, 6) is 0.104. The molecule has 1 aromatic heterocycles. The van der Waals surface area contributed by atoms with Crippen molar-refractivity contribution in [3.63, 3.8) is 0 Å². The second-order valence-electron chi connectivity index (χ2n) is 8.28. The third-order valence-electron chi connectivity index (χ3n) is 6.10. The number of aromatic nitrogens is 2. The molecule has 1 unspecified atom stereocenters. The smallest absolute Gasteiger partial charge is 0.247 e. The predicted octanol–water partition coefficient (Wildman–Crippen LogP) is 4.76. The molecule has 1 aliphatic heterocycles. The van der Waals surface area contributed by atoms with Crippen LogP contribution in [0.4, 0.5) is 5.69 Å². The Kier molecular flexibility index (Phi) is 6.30. The van der Waals surface area contributed by atoms with Crippen LogP contribution in [-0.2, 0) is 16.0 Å². The zero-order valence-electron chi connectivity index (χ0n) is 18.3. The lowest BCUT2D eigenvalue weighted by atomic mass is 10.0.